The predicted molar refractivity (Wildman–Crippen MR) is 75.6 cm³/mol. The Morgan fingerprint density at radius 1 is 1.42 bits per heavy atom. The average Bonchev–Trinajstić information content (AvgIpc) is 2.39. The summed E-state index contributed by atoms with van der Waals surface area (Å²) in [5, 5.41) is 0. The van der Waals surface area contributed by atoms with Crippen LogP contribution >= 0.6 is 12.2 Å². The Morgan fingerprint density at radius 3 is 2.63 bits per heavy atom. The van der Waals surface area contributed by atoms with Crippen LogP contribution in [-0.2, 0) is 9.53 Å². The van der Waals surface area contributed by atoms with Gasteiger partial charge in [0.25, 0.3) is 0 Å². The van der Waals surface area contributed by atoms with Crippen LogP contribution in [-0.4, -0.2) is 30.8 Å². The van der Waals surface area contributed by atoms with E-state index in [1.165, 1.54) is 7.11 Å². The fraction of sp³-hybridized carbons (Fsp3) is 0.385. The lowest BCUT2D eigenvalue weighted by atomic mass is 10.2. The normalized spacial score (nSPS) is 11.5. The summed E-state index contributed by atoms with van der Waals surface area (Å²) in [7, 11) is 1.31. The van der Waals surface area contributed by atoms with Gasteiger partial charge in [-0.2, -0.15) is 0 Å². The third-order valence-electron chi connectivity index (χ3n) is 2.36. The van der Waals surface area contributed by atoms with Crippen LogP contribution < -0.4 is 15.2 Å². The first kappa shape index (κ1) is 15.2. The average molecular weight is 283 g/mol. The Kier molecular flexibility index (Phi) is 5.57. The van der Waals surface area contributed by atoms with E-state index in [4.69, 9.17) is 27.4 Å². The van der Waals surface area contributed by atoms with E-state index in [-0.39, 0.29) is 4.99 Å². The van der Waals surface area contributed by atoms with Gasteiger partial charge in [-0.1, -0.05) is 12.2 Å². The standard InChI is InChI=1S/C13H17NO4S/c1-4-17-11-7-9(12(14)19)5-6-10(11)18-8(2)13(15)16-3/h5-8H,4H2,1-3H3,(H2,14,19). The topological polar surface area (TPSA) is 70.8 Å². The molecule has 104 valence electrons. The molecule has 1 unspecified atom stereocenters. The van der Waals surface area contributed by atoms with Crippen molar-refractivity contribution in [3.05, 3.63) is 23.8 Å². The summed E-state index contributed by atoms with van der Waals surface area (Å²) < 4.78 is 15.6. The van der Waals surface area contributed by atoms with E-state index in [0.717, 1.165) is 0 Å². The van der Waals surface area contributed by atoms with Gasteiger partial charge in [0, 0.05) is 5.56 Å². The lowest BCUT2D eigenvalue weighted by Crippen LogP contribution is -2.25. The van der Waals surface area contributed by atoms with Crippen molar-refractivity contribution >= 4 is 23.2 Å². The molecule has 0 fully saturated rings. The van der Waals surface area contributed by atoms with Crippen molar-refractivity contribution in [3.63, 3.8) is 0 Å². The maximum atomic E-state index is 11.3. The summed E-state index contributed by atoms with van der Waals surface area (Å²) >= 11 is 4.90. The Labute approximate surface area is 117 Å². The van der Waals surface area contributed by atoms with Crippen molar-refractivity contribution in [1.29, 1.82) is 0 Å². The summed E-state index contributed by atoms with van der Waals surface area (Å²) in [5.74, 6) is 0.476. The Bertz CT molecular complexity index is 476. The molecule has 1 aromatic rings. The largest absolute Gasteiger partial charge is 0.490 e. The zero-order valence-electron chi connectivity index (χ0n) is 11.1. The Hall–Kier alpha value is -1.82. The molecule has 1 rings (SSSR count). The fourth-order valence-corrected chi connectivity index (χ4v) is 1.56. The molecule has 5 nitrogen and oxygen atoms in total. The highest BCUT2D eigenvalue weighted by Crippen LogP contribution is 2.29. The molecule has 0 aromatic heterocycles. The molecule has 1 aromatic carbocycles. The molecule has 0 bridgehead atoms. The number of carbonyl (C=O) groups is 1. The van der Waals surface area contributed by atoms with Crippen molar-refractivity contribution < 1.29 is 19.0 Å². The molecule has 19 heavy (non-hydrogen) atoms. The van der Waals surface area contributed by atoms with Gasteiger partial charge < -0.3 is 19.9 Å². The van der Waals surface area contributed by atoms with E-state index >= 15 is 0 Å². The van der Waals surface area contributed by atoms with Gasteiger partial charge >= 0.3 is 5.97 Å². The Morgan fingerprint density at radius 2 is 2.11 bits per heavy atom. The fourth-order valence-electron chi connectivity index (χ4n) is 1.43. The highest BCUT2D eigenvalue weighted by molar-refractivity contribution is 7.80. The smallest absolute Gasteiger partial charge is 0.346 e. The van der Waals surface area contributed by atoms with Crippen LogP contribution in [0, 0.1) is 0 Å². The number of carbonyl (C=O) groups excluding carboxylic acids is 1. The summed E-state index contributed by atoms with van der Waals surface area (Å²) in [5.41, 5.74) is 6.24. The quantitative estimate of drug-likeness (QED) is 0.632. The van der Waals surface area contributed by atoms with Crippen LogP contribution in [0.25, 0.3) is 0 Å². The second kappa shape index (κ2) is 6.94. The number of hydrogen-bond acceptors (Lipinski definition) is 5. The van der Waals surface area contributed by atoms with E-state index in [1.54, 1.807) is 25.1 Å². The first-order valence-electron chi connectivity index (χ1n) is 5.80. The first-order valence-corrected chi connectivity index (χ1v) is 6.21. The number of ether oxygens (including phenoxy) is 3. The van der Waals surface area contributed by atoms with Crippen molar-refractivity contribution in [3.8, 4) is 11.5 Å². The molecule has 0 spiro atoms. The molecule has 0 radical (unpaired) electrons. The minimum Gasteiger partial charge on any atom is -0.490 e. The highest BCUT2D eigenvalue weighted by atomic mass is 32.1. The van der Waals surface area contributed by atoms with Gasteiger partial charge in [0.05, 0.1) is 13.7 Å². The van der Waals surface area contributed by atoms with E-state index in [2.05, 4.69) is 4.74 Å². The second-order valence-electron chi connectivity index (χ2n) is 3.74. The van der Waals surface area contributed by atoms with Gasteiger partial charge in [0.2, 0.25) is 0 Å². The lowest BCUT2D eigenvalue weighted by Gasteiger charge is -2.16. The number of thiocarbonyl (C=S) groups is 1. The molecule has 2 N–H and O–H groups in total. The van der Waals surface area contributed by atoms with Crippen LogP contribution in [0.2, 0.25) is 0 Å². The molecule has 0 saturated carbocycles. The zero-order chi connectivity index (χ0) is 14.4. The van der Waals surface area contributed by atoms with Gasteiger partial charge in [-0.05, 0) is 32.0 Å². The number of rotatable bonds is 6. The SMILES string of the molecule is CCOc1cc(C(N)=S)ccc1OC(C)C(=O)OC. The molecule has 6 heteroatoms. The molecule has 1 atom stereocenters. The van der Waals surface area contributed by atoms with Crippen molar-refractivity contribution in [2.45, 2.75) is 20.0 Å². The van der Waals surface area contributed by atoms with Gasteiger partial charge in [-0.15, -0.1) is 0 Å². The number of nitrogens with two attached hydrogens (primary N) is 1. The molecule has 0 aliphatic carbocycles. The number of methoxy groups -OCH3 is 1. The van der Waals surface area contributed by atoms with Crippen LogP contribution in [0.1, 0.15) is 19.4 Å². The minimum absolute atomic E-state index is 0.272. The molecule has 0 aliphatic heterocycles. The first-order chi connectivity index (χ1) is 8.99. The number of hydrogen-bond donors (Lipinski definition) is 1. The zero-order valence-corrected chi connectivity index (χ0v) is 12.0. The highest BCUT2D eigenvalue weighted by Gasteiger charge is 2.17. The van der Waals surface area contributed by atoms with Gasteiger partial charge in [0.1, 0.15) is 4.99 Å². The summed E-state index contributed by atoms with van der Waals surface area (Å²) in [4.78, 5) is 11.6. The molecular weight excluding hydrogens is 266 g/mol. The van der Waals surface area contributed by atoms with Crippen molar-refractivity contribution in [2.24, 2.45) is 5.73 Å². The Balaban J connectivity index is 2.99. The second-order valence-corrected chi connectivity index (χ2v) is 4.18. The summed E-state index contributed by atoms with van der Waals surface area (Å²) in [6, 6.07) is 5.06. The van der Waals surface area contributed by atoms with E-state index in [0.29, 0.717) is 23.7 Å². The lowest BCUT2D eigenvalue weighted by molar-refractivity contribution is -0.147. The molecule has 0 heterocycles. The van der Waals surface area contributed by atoms with E-state index in [1.807, 2.05) is 6.92 Å². The third kappa shape index (κ3) is 4.10. The third-order valence-corrected chi connectivity index (χ3v) is 2.60. The van der Waals surface area contributed by atoms with Gasteiger partial charge in [-0.3, -0.25) is 0 Å². The number of benzene rings is 1. The van der Waals surface area contributed by atoms with Gasteiger partial charge in [-0.25, -0.2) is 4.79 Å². The molecular formula is C13H17NO4S. The maximum absolute atomic E-state index is 11.3. The van der Waals surface area contributed by atoms with Crippen LogP contribution in [0.15, 0.2) is 18.2 Å². The molecule has 0 amide bonds. The predicted octanol–water partition coefficient (Wildman–Crippen LogP) is 1.66. The minimum atomic E-state index is -0.722. The van der Waals surface area contributed by atoms with Crippen molar-refractivity contribution in [1.82, 2.24) is 0 Å². The summed E-state index contributed by atoms with van der Waals surface area (Å²) in [6.45, 7) is 3.91. The maximum Gasteiger partial charge on any atom is 0.346 e. The van der Waals surface area contributed by atoms with Crippen LogP contribution in [0.3, 0.4) is 0 Å². The molecule has 0 saturated heterocycles. The van der Waals surface area contributed by atoms with Crippen LogP contribution in [0.4, 0.5) is 0 Å². The van der Waals surface area contributed by atoms with E-state index in [9.17, 15) is 4.79 Å². The monoisotopic (exact) mass is 283 g/mol. The van der Waals surface area contributed by atoms with Gasteiger partial charge in [0.15, 0.2) is 17.6 Å². The van der Waals surface area contributed by atoms with E-state index < -0.39 is 12.1 Å². The van der Waals surface area contributed by atoms with Crippen LogP contribution in [0.5, 0.6) is 11.5 Å². The van der Waals surface area contributed by atoms with Crippen molar-refractivity contribution in [2.75, 3.05) is 13.7 Å². The summed E-state index contributed by atoms with van der Waals surface area (Å²) in [6.07, 6.45) is -0.722. The molecule has 0 aliphatic rings. The number of esters is 1.